The molecule has 4 heteroatoms. The van der Waals surface area contributed by atoms with Crippen LogP contribution in [0.3, 0.4) is 0 Å². The highest BCUT2D eigenvalue weighted by Crippen LogP contribution is 2.28. The Morgan fingerprint density at radius 3 is 3.06 bits per heavy atom. The summed E-state index contributed by atoms with van der Waals surface area (Å²) in [6, 6.07) is 6.38. The van der Waals surface area contributed by atoms with Gasteiger partial charge in [-0.3, -0.25) is 4.90 Å². The Morgan fingerprint density at radius 1 is 1.29 bits per heavy atom. The van der Waals surface area contributed by atoms with E-state index >= 15 is 0 Å². The van der Waals surface area contributed by atoms with Gasteiger partial charge in [-0.15, -0.1) is 0 Å². The summed E-state index contributed by atoms with van der Waals surface area (Å²) in [5.74, 6) is 0.968. The molecule has 0 amide bonds. The van der Waals surface area contributed by atoms with Gasteiger partial charge in [0.15, 0.2) is 0 Å². The molecule has 2 aliphatic heterocycles. The molecule has 1 fully saturated rings. The number of ether oxygens (including phenoxy) is 2. The molecule has 1 saturated heterocycles. The molecule has 1 aromatic rings. The first-order valence-electron chi connectivity index (χ1n) is 6.06. The molecular weight excluding hydrogens is 238 g/mol. The van der Waals surface area contributed by atoms with E-state index in [0.29, 0.717) is 6.04 Å². The fourth-order valence-electron chi connectivity index (χ4n) is 2.50. The minimum atomic E-state index is 0.531. The summed E-state index contributed by atoms with van der Waals surface area (Å²) in [5, 5.41) is 0.775. The molecule has 0 spiro atoms. The first-order chi connectivity index (χ1) is 8.33. The van der Waals surface area contributed by atoms with Crippen LogP contribution >= 0.6 is 11.6 Å². The maximum Gasteiger partial charge on any atom is 0.123 e. The summed E-state index contributed by atoms with van der Waals surface area (Å²) in [6.07, 6.45) is 1.12. The largest absolute Gasteiger partial charge is 0.492 e. The fourth-order valence-corrected chi connectivity index (χ4v) is 2.70. The van der Waals surface area contributed by atoms with Gasteiger partial charge in [-0.25, -0.2) is 0 Å². The molecule has 2 aliphatic rings. The zero-order valence-electron chi connectivity index (χ0n) is 9.69. The van der Waals surface area contributed by atoms with Gasteiger partial charge < -0.3 is 9.47 Å². The highest BCUT2D eigenvalue weighted by Gasteiger charge is 2.25. The van der Waals surface area contributed by atoms with Crippen LogP contribution in [0.25, 0.3) is 0 Å². The number of halogens is 1. The van der Waals surface area contributed by atoms with E-state index in [1.54, 1.807) is 0 Å². The number of fused-ring (bicyclic) bond motifs is 1. The number of benzene rings is 1. The summed E-state index contributed by atoms with van der Waals surface area (Å²) in [6.45, 7) is 4.33. The van der Waals surface area contributed by atoms with Crippen LogP contribution in [0.5, 0.6) is 5.75 Å². The SMILES string of the molecule is Clc1ccc2c(c1)CN([C@H]1CCOC1)CCO2. The van der Waals surface area contributed by atoms with Gasteiger partial charge >= 0.3 is 0 Å². The van der Waals surface area contributed by atoms with Gasteiger partial charge in [0.25, 0.3) is 0 Å². The fraction of sp³-hybridized carbons (Fsp3) is 0.538. The van der Waals surface area contributed by atoms with E-state index in [1.165, 1.54) is 5.56 Å². The second-order valence-corrected chi connectivity index (χ2v) is 5.02. The van der Waals surface area contributed by atoms with Crippen LogP contribution in [-0.4, -0.2) is 37.3 Å². The van der Waals surface area contributed by atoms with Crippen LogP contribution in [0.2, 0.25) is 5.02 Å². The molecule has 0 N–H and O–H groups in total. The van der Waals surface area contributed by atoms with Crippen LogP contribution in [0.4, 0.5) is 0 Å². The van der Waals surface area contributed by atoms with E-state index in [2.05, 4.69) is 4.90 Å². The number of hydrogen-bond acceptors (Lipinski definition) is 3. The topological polar surface area (TPSA) is 21.7 Å². The van der Waals surface area contributed by atoms with Crippen molar-refractivity contribution in [1.82, 2.24) is 4.90 Å². The van der Waals surface area contributed by atoms with Crippen molar-refractivity contribution in [2.24, 2.45) is 0 Å². The molecule has 92 valence electrons. The van der Waals surface area contributed by atoms with Crippen molar-refractivity contribution in [3.63, 3.8) is 0 Å². The number of hydrogen-bond donors (Lipinski definition) is 0. The Labute approximate surface area is 106 Å². The van der Waals surface area contributed by atoms with Crippen molar-refractivity contribution in [2.75, 3.05) is 26.4 Å². The van der Waals surface area contributed by atoms with E-state index in [9.17, 15) is 0 Å². The maximum absolute atomic E-state index is 6.04. The summed E-state index contributed by atoms with van der Waals surface area (Å²) in [4.78, 5) is 2.44. The first-order valence-corrected chi connectivity index (χ1v) is 6.44. The molecule has 0 radical (unpaired) electrons. The Balaban J connectivity index is 1.82. The Bertz CT molecular complexity index is 404. The Morgan fingerprint density at radius 2 is 2.24 bits per heavy atom. The van der Waals surface area contributed by atoms with Gasteiger partial charge in [0.2, 0.25) is 0 Å². The maximum atomic E-state index is 6.04. The van der Waals surface area contributed by atoms with E-state index in [-0.39, 0.29) is 0 Å². The molecule has 0 bridgehead atoms. The quantitative estimate of drug-likeness (QED) is 0.767. The standard InChI is InChI=1S/C13H16ClNO2/c14-11-1-2-13-10(7-11)8-15(4-6-17-13)12-3-5-16-9-12/h1-2,7,12H,3-6,8-9H2/t12-/m0/s1. The average Bonchev–Trinajstić information content (AvgIpc) is 2.77. The van der Waals surface area contributed by atoms with E-state index in [1.807, 2.05) is 18.2 Å². The molecule has 3 nitrogen and oxygen atoms in total. The minimum Gasteiger partial charge on any atom is -0.492 e. The summed E-state index contributed by atoms with van der Waals surface area (Å²) >= 11 is 6.04. The number of rotatable bonds is 1. The summed E-state index contributed by atoms with van der Waals surface area (Å²) < 4.78 is 11.2. The van der Waals surface area contributed by atoms with Gasteiger partial charge in [-0.05, 0) is 24.6 Å². The smallest absolute Gasteiger partial charge is 0.123 e. The lowest BCUT2D eigenvalue weighted by molar-refractivity contribution is 0.132. The van der Waals surface area contributed by atoms with Crippen molar-refractivity contribution in [2.45, 2.75) is 19.0 Å². The third-order valence-electron chi connectivity index (χ3n) is 3.45. The van der Waals surface area contributed by atoms with E-state index < -0.39 is 0 Å². The number of nitrogens with zero attached hydrogens (tertiary/aromatic N) is 1. The second-order valence-electron chi connectivity index (χ2n) is 4.59. The average molecular weight is 254 g/mol. The highest BCUT2D eigenvalue weighted by atomic mass is 35.5. The van der Waals surface area contributed by atoms with Crippen LogP contribution in [0, 0.1) is 0 Å². The lowest BCUT2D eigenvalue weighted by Crippen LogP contribution is -2.36. The third kappa shape index (κ3) is 2.41. The Hall–Kier alpha value is -0.770. The molecule has 17 heavy (non-hydrogen) atoms. The molecule has 0 aromatic heterocycles. The second kappa shape index (κ2) is 4.84. The zero-order chi connectivity index (χ0) is 11.7. The van der Waals surface area contributed by atoms with E-state index in [0.717, 1.165) is 50.1 Å². The summed E-state index contributed by atoms with van der Waals surface area (Å²) in [7, 11) is 0. The highest BCUT2D eigenvalue weighted by molar-refractivity contribution is 6.30. The Kier molecular flexibility index (Phi) is 3.23. The zero-order valence-corrected chi connectivity index (χ0v) is 10.4. The molecule has 3 rings (SSSR count). The van der Waals surface area contributed by atoms with Gasteiger partial charge in [-0.2, -0.15) is 0 Å². The molecular formula is C13H16ClNO2. The minimum absolute atomic E-state index is 0.531. The van der Waals surface area contributed by atoms with Crippen molar-refractivity contribution in [3.8, 4) is 5.75 Å². The van der Waals surface area contributed by atoms with Crippen molar-refractivity contribution < 1.29 is 9.47 Å². The molecule has 0 aliphatic carbocycles. The van der Waals surface area contributed by atoms with Gasteiger partial charge in [0, 0.05) is 36.3 Å². The summed E-state index contributed by atoms with van der Waals surface area (Å²) in [5.41, 5.74) is 1.18. The molecule has 0 saturated carbocycles. The normalized spacial score (nSPS) is 25.1. The van der Waals surface area contributed by atoms with Crippen LogP contribution < -0.4 is 4.74 Å². The molecule has 1 atom stereocenters. The van der Waals surface area contributed by atoms with Crippen LogP contribution in [-0.2, 0) is 11.3 Å². The van der Waals surface area contributed by atoms with Gasteiger partial charge in [0.05, 0.1) is 6.61 Å². The van der Waals surface area contributed by atoms with Gasteiger partial charge in [-0.1, -0.05) is 11.6 Å². The molecule has 0 unspecified atom stereocenters. The van der Waals surface area contributed by atoms with Crippen molar-refractivity contribution in [3.05, 3.63) is 28.8 Å². The van der Waals surface area contributed by atoms with Crippen LogP contribution in [0.1, 0.15) is 12.0 Å². The van der Waals surface area contributed by atoms with E-state index in [4.69, 9.17) is 21.1 Å². The predicted molar refractivity (Wildman–Crippen MR) is 66.6 cm³/mol. The lowest BCUT2D eigenvalue weighted by atomic mass is 10.1. The monoisotopic (exact) mass is 253 g/mol. The molecule has 2 heterocycles. The third-order valence-corrected chi connectivity index (χ3v) is 3.69. The van der Waals surface area contributed by atoms with Crippen LogP contribution in [0.15, 0.2) is 18.2 Å². The molecule has 1 aromatic carbocycles. The predicted octanol–water partition coefficient (Wildman–Crippen LogP) is 2.32. The van der Waals surface area contributed by atoms with Gasteiger partial charge in [0.1, 0.15) is 12.4 Å². The first kappa shape index (κ1) is 11.3. The lowest BCUT2D eigenvalue weighted by Gasteiger charge is -2.25. The van der Waals surface area contributed by atoms with Crippen molar-refractivity contribution >= 4 is 11.6 Å². The van der Waals surface area contributed by atoms with Crippen molar-refractivity contribution in [1.29, 1.82) is 0 Å².